The lowest BCUT2D eigenvalue weighted by atomic mass is 10.1. The van der Waals surface area contributed by atoms with E-state index in [0.29, 0.717) is 17.9 Å². The minimum atomic E-state index is -1.56. The Kier molecular flexibility index (Phi) is 5.16. The summed E-state index contributed by atoms with van der Waals surface area (Å²) in [6, 6.07) is 9.40. The molecule has 0 unspecified atom stereocenters. The summed E-state index contributed by atoms with van der Waals surface area (Å²) in [5, 5.41) is 24.3. The molecule has 0 atom stereocenters. The molecule has 124 valence electrons. The number of rotatable bonds is 6. The van der Waals surface area contributed by atoms with Crippen LogP contribution in [0.2, 0.25) is 0 Å². The van der Waals surface area contributed by atoms with Crippen molar-refractivity contribution in [3.8, 4) is 5.75 Å². The minimum absolute atomic E-state index is 0.00906. The van der Waals surface area contributed by atoms with Gasteiger partial charge in [0.1, 0.15) is 5.75 Å². The molecular formula is C17H13NO6-2. The number of benzene rings is 2. The van der Waals surface area contributed by atoms with Crippen LogP contribution in [0.5, 0.6) is 5.75 Å². The number of anilines is 1. The molecule has 1 N–H and O–H groups in total. The second-order valence-corrected chi connectivity index (χ2v) is 4.79. The van der Waals surface area contributed by atoms with Crippen LogP contribution < -0.4 is 20.3 Å². The lowest BCUT2D eigenvalue weighted by molar-refractivity contribution is -0.255. The number of ether oxygens (including phenoxy) is 1. The standard InChI is InChI=1S/C17H15NO6/c1-2-24-14-5-3-10(4-6-14)15(19)18-13-8-11(16(20)21)7-12(9-13)17(22)23/h3-9H,2H2,1H3,(H,18,19)(H,20,21)(H,22,23)/p-2. The summed E-state index contributed by atoms with van der Waals surface area (Å²) >= 11 is 0. The molecule has 0 aliphatic carbocycles. The van der Waals surface area contributed by atoms with Crippen molar-refractivity contribution in [2.75, 3.05) is 11.9 Å². The maximum atomic E-state index is 12.2. The topological polar surface area (TPSA) is 119 Å². The van der Waals surface area contributed by atoms with Gasteiger partial charge in [0.2, 0.25) is 0 Å². The molecule has 24 heavy (non-hydrogen) atoms. The Labute approximate surface area is 137 Å². The van der Waals surface area contributed by atoms with Gasteiger partial charge in [-0.3, -0.25) is 4.79 Å². The van der Waals surface area contributed by atoms with Crippen molar-refractivity contribution < 1.29 is 29.3 Å². The van der Waals surface area contributed by atoms with Crippen molar-refractivity contribution in [2.24, 2.45) is 0 Å². The lowest BCUT2D eigenvalue weighted by Crippen LogP contribution is -2.26. The van der Waals surface area contributed by atoms with Crippen molar-refractivity contribution in [3.63, 3.8) is 0 Å². The maximum absolute atomic E-state index is 12.2. The molecule has 0 aliphatic heterocycles. The Morgan fingerprint density at radius 2 is 1.46 bits per heavy atom. The number of carbonyl (C=O) groups is 3. The second-order valence-electron chi connectivity index (χ2n) is 4.79. The molecule has 0 fully saturated rings. The van der Waals surface area contributed by atoms with Crippen LogP contribution in [0.1, 0.15) is 38.0 Å². The highest BCUT2D eigenvalue weighted by Gasteiger charge is 2.09. The van der Waals surface area contributed by atoms with Gasteiger partial charge in [-0.15, -0.1) is 0 Å². The molecule has 0 spiro atoms. The number of hydrogen-bond acceptors (Lipinski definition) is 6. The first-order valence-corrected chi connectivity index (χ1v) is 7.02. The third kappa shape index (κ3) is 4.10. The number of aromatic carboxylic acids is 2. The van der Waals surface area contributed by atoms with Gasteiger partial charge in [-0.2, -0.15) is 0 Å². The van der Waals surface area contributed by atoms with Crippen LogP contribution >= 0.6 is 0 Å². The molecule has 0 aliphatic rings. The lowest BCUT2D eigenvalue weighted by Gasteiger charge is -2.12. The Balaban J connectivity index is 2.24. The number of amides is 1. The molecule has 7 nitrogen and oxygen atoms in total. The van der Waals surface area contributed by atoms with Crippen molar-refractivity contribution in [3.05, 3.63) is 59.2 Å². The van der Waals surface area contributed by atoms with E-state index in [-0.39, 0.29) is 16.8 Å². The maximum Gasteiger partial charge on any atom is 0.255 e. The fourth-order valence-corrected chi connectivity index (χ4v) is 2.01. The van der Waals surface area contributed by atoms with E-state index in [1.54, 1.807) is 12.1 Å². The SMILES string of the molecule is CCOc1ccc(C(=O)Nc2cc(C(=O)[O-])cc(C(=O)[O-])c2)cc1. The van der Waals surface area contributed by atoms with Crippen molar-refractivity contribution in [1.29, 1.82) is 0 Å². The van der Waals surface area contributed by atoms with Crippen LogP contribution in [0.3, 0.4) is 0 Å². The molecule has 2 rings (SSSR count). The van der Waals surface area contributed by atoms with Gasteiger partial charge in [-0.05, 0) is 60.5 Å². The van der Waals surface area contributed by atoms with Gasteiger partial charge in [-0.25, -0.2) is 0 Å². The summed E-state index contributed by atoms with van der Waals surface area (Å²) < 4.78 is 5.27. The average Bonchev–Trinajstić information content (AvgIpc) is 2.55. The van der Waals surface area contributed by atoms with Crippen LogP contribution in [-0.4, -0.2) is 24.5 Å². The number of carboxylic acid groups (broad SMARTS) is 2. The summed E-state index contributed by atoms with van der Waals surface area (Å²) in [6.07, 6.45) is 0. The molecule has 0 heterocycles. The number of nitrogens with one attached hydrogen (secondary N) is 1. The third-order valence-corrected chi connectivity index (χ3v) is 3.09. The normalized spacial score (nSPS) is 10.0. The van der Waals surface area contributed by atoms with E-state index in [1.165, 1.54) is 12.1 Å². The van der Waals surface area contributed by atoms with Gasteiger partial charge >= 0.3 is 0 Å². The van der Waals surface area contributed by atoms with Gasteiger partial charge < -0.3 is 29.9 Å². The quantitative estimate of drug-likeness (QED) is 0.801. The summed E-state index contributed by atoms with van der Waals surface area (Å²) in [4.78, 5) is 34.0. The Bertz CT molecular complexity index is 750. The van der Waals surface area contributed by atoms with Crippen molar-refractivity contribution >= 4 is 23.5 Å². The molecule has 1 amide bonds. The molecule has 0 bridgehead atoms. The smallest absolute Gasteiger partial charge is 0.255 e. The first-order valence-electron chi connectivity index (χ1n) is 7.02. The van der Waals surface area contributed by atoms with Crippen LogP contribution in [0, 0.1) is 0 Å². The predicted octanol–water partition coefficient (Wildman–Crippen LogP) is 0.0646. The van der Waals surface area contributed by atoms with E-state index in [4.69, 9.17) is 4.74 Å². The summed E-state index contributed by atoms with van der Waals surface area (Å²) in [5.41, 5.74) is -0.445. The molecule has 0 aromatic heterocycles. The molecule has 0 radical (unpaired) electrons. The van der Waals surface area contributed by atoms with Crippen molar-refractivity contribution in [1.82, 2.24) is 0 Å². The van der Waals surface area contributed by atoms with Gasteiger partial charge in [-0.1, -0.05) is 0 Å². The van der Waals surface area contributed by atoms with Crippen LogP contribution in [0.25, 0.3) is 0 Å². The Morgan fingerprint density at radius 3 is 1.92 bits per heavy atom. The summed E-state index contributed by atoms with van der Waals surface area (Å²) in [6.45, 7) is 2.33. The molecular weight excluding hydrogens is 314 g/mol. The third-order valence-electron chi connectivity index (χ3n) is 3.09. The molecule has 2 aromatic carbocycles. The fourth-order valence-electron chi connectivity index (χ4n) is 2.01. The average molecular weight is 327 g/mol. The summed E-state index contributed by atoms with van der Waals surface area (Å²) in [5.74, 6) is -3.05. The van der Waals surface area contributed by atoms with Gasteiger partial charge in [0, 0.05) is 11.3 Å². The first kappa shape index (κ1) is 17.0. The highest BCUT2D eigenvalue weighted by Crippen LogP contribution is 2.17. The van der Waals surface area contributed by atoms with E-state index in [9.17, 15) is 24.6 Å². The van der Waals surface area contributed by atoms with Crippen molar-refractivity contribution in [2.45, 2.75) is 6.92 Å². The van der Waals surface area contributed by atoms with Crippen LogP contribution in [0.4, 0.5) is 5.69 Å². The van der Waals surface area contributed by atoms with E-state index in [0.717, 1.165) is 18.2 Å². The zero-order valence-corrected chi connectivity index (χ0v) is 12.7. The van der Waals surface area contributed by atoms with E-state index in [1.807, 2.05) is 6.92 Å². The Morgan fingerprint density at radius 1 is 0.917 bits per heavy atom. The fraction of sp³-hybridized carbons (Fsp3) is 0.118. The first-order chi connectivity index (χ1) is 11.4. The Hall–Kier alpha value is -3.35. The minimum Gasteiger partial charge on any atom is -0.545 e. The van der Waals surface area contributed by atoms with Gasteiger partial charge in [0.15, 0.2) is 0 Å². The summed E-state index contributed by atoms with van der Waals surface area (Å²) in [7, 11) is 0. The largest absolute Gasteiger partial charge is 0.545 e. The highest BCUT2D eigenvalue weighted by molar-refractivity contribution is 6.05. The number of carbonyl (C=O) groups excluding carboxylic acids is 3. The highest BCUT2D eigenvalue weighted by atomic mass is 16.5. The monoisotopic (exact) mass is 327 g/mol. The molecule has 0 saturated heterocycles. The van der Waals surface area contributed by atoms with E-state index in [2.05, 4.69) is 5.32 Å². The number of hydrogen-bond donors (Lipinski definition) is 1. The van der Waals surface area contributed by atoms with E-state index < -0.39 is 17.8 Å². The zero-order chi connectivity index (χ0) is 17.7. The van der Waals surface area contributed by atoms with Gasteiger partial charge in [0.25, 0.3) is 5.91 Å². The molecule has 7 heteroatoms. The van der Waals surface area contributed by atoms with Crippen LogP contribution in [0.15, 0.2) is 42.5 Å². The van der Waals surface area contributed by atoms with Gasteiger partial charge in [0.05, 0.1) is 18.5 Å². The molecule has 2 aromatic rings. The molecule has 0 saturated carbocycles. The number of carboxylic acids is 2. The van der Waals surface area contributed by atoms with Crippen LogP contribution in [-0.2, 0) is 0 Å². The predicted molar refractivity (Wildman–Crippen MR) is 80.7 cm³/mol. The van der Waals surface area contributed by atoms with E-state index >= 15 is 0 Å². The second kappa shape index (κ2) is 7.28. The zero-order valence-electron chi connectivity index (χ0n) is 12.7.